The van der Waals surface area contributed by atoms with Gasteiger partial charge >= 0.3 is 0 Å². The van der Waals surface area contributed by atoms with Gasteiger partial charge in [-0.05, 0) is 32.9 Å². The average molecular weight is 248 g/mol. The Morgan fingerprint density at radius 3 is 2.36 bits per heavy atom. The molecular weight excluding hydrogens is 236 g/mol. The van der Waals surface area contributed by atoms with Gasteiger partial charge in [0.2, 0.25) is 4.80 Å². The lowest BCUT2D eigenvalue weighted by Crippen LogP contribution is -2.20. The third-order valence-corrected chi connectivity index (χ3v) is 3.96. The highest BCUT2D eigenvalue weighted by Crippen LogP contribution is 2.15. The molecule has 0 aliphatic heterocycles. The van der Waals surface area contributed by atoms with Crippen LogP contribution in [0.25, 0.3) is 0 Å². The van der Waals surface area contributed by atoms with Crippen molar-refractivity contribution in [1.82, 2.24) is 9.88 Å². The number of hydrogen-bond donors (Lipinski definition) is 0. The van der Waals surface area contributed by atoms with Crippen molar-refractivity contribution in [2.75, 3.05) is 33.1 Å². The van der Waals surface area contributed by atoms with Crippen LogP contribution in [0.15, 0.2) is 4.99 Å². The smallest absolute Gasteiger partial charge is 0.224 e. The minimum atomic E-state index is 0.553. The molecule has 78 valence electrons. The van der Waals surface area contributed by atoms with Crippen molar-refractivity contribution in [2.45, 2.75) is 0 Å². The molecule has 1 aromatic rings. The number of anilines is 1. The molecule has 0 unspecified atom stereocenters. The summed E-state index contributed by atoms with van der Waals surface area (Å²) in [6.07, 6.45) is 0. The predicted molar refractivity (Wildman–Crippen MR) is 66.2 cm³/mol. The lowest BCUT2D eigenvalue weighted by Gasteiger charge is -2.06. The van der Waals surface area contributed by atoms with Gasteiger partial charge in [0.25, 0.3) is 0 Å². The predicted octanol–water partition coefficient (Wildman–Crippen LogP) is 1.02. The van der Waals surface area contributed by atoms with Crippen molar-refractivity contribution in [1.29, 1.82) is 0 Å². The van der Waals surface area contributed by atoms with Gasteiger partial charge in [-0.3, -0.25) is 0 Å². The van der Waals surface area contributed by atoms with E-state index < -0.39 is 0 Å². The molecule has 0 atom stereocenters. The van der Waals surface area contributed by atoms with Gasteiger partial charge < -0.3 is 9.80 Å². The summed E-state index contributed by atoms with van der Waals surface area (Å²) in [5.74, 6) is 0. The Hall–Kier alpha value is -0.530. The van der Waals surface area contributed by atoms with Crippen molar-refractivity contribution < 1.29 is 0 Å². The van der Waals surface area contributed by atoms with Crippen LogP contribution >= 0.6 is 32.9 Å². The van der Waals surface area contributed by atoms with Crippen LogP contribution in [0, 0.1) is 0 Å². The maximum absolute atomic E-state index is 5.05. The first kappa shape index (κ1) is 11.5. The molecule has 0 fully saturated rings. The fraction of sp³-hybridized carbons (Fsp3) is 0.571. The van der Waals surface area contributed by atoms with E-state index in [2.05, 4.69) is 9.98 Å². The van der Waals surface area contributed by atoms with E-state index in [1.807, 2.05) is 33.1 Å². The normalized spacial score (nSPS) is 11.6. The van der Waals surface area contributed by atoms with Crippen LogP contribution in [0.4, 0.5) is 5.13 Å². The molecule has 14 heavy (non-hydrogen) atoms. The fourth-order valence-electron chi connectivity index (χ4n) is 0.594. The van der Waals surface area contributed by atoms with Crippen molar-refractivity contribution in [3.05, 3.63) is 4.80 Å². The highest BCUT2D eigenvalue weighted by molar-refractivity contribution is 7.80. The lowest BCUT2D eigenvalue weighted by molar-refractivity contribution is 0.626. The monoisotopic (exact) mass is 248 g/mol. The molecule has 0 bridgehead atoms. The summed E-state index contributed by atoms with van der Waals surface area (Å²) >= 11 is 5.05. The van der Waals surface area contributed by atoms with Gasteiger partial charge in [-0.1, -0.05) is 0 Å². The van der Waals surface area contributed by atoms with Gasteiger partial charge in [-0.15, -0.1) is 0 Å². The van der Waals surface area contributed by atoms with Crippen LogP contribution in [0.2, 0.25) is 0 Å². The molecule has 0 amide bonds. The zero-order chi connectivity index (χ0) is 10.7. The number of nitrogens with zero attached hydrogens (tertiary/aromatic N) is 4. The summed E-state index contributed by atoms with van der Waals surface area (Å²) in [4.78, 5) is 13.0. The standard InChI is InChI=1S/C7H12N4S3/c1-10(2)6(12)8-5-9-7(11(3)4)14-13-5/h1-4H3. The fourth-order valence-corrected chi connectivity index (χ4v) is 2.69. The molecule has 4 nitrogen and oxygen atoms in total. The number of rotatable bonds is 1. The van der Waals surface area contributed by atoms with E-state index in [9.17, 15) is 0 Å². The molecule has 0 aliphatic carbocycles. The molecule has 0 radical (unpaired) electrons. The summed E-state index contributed by atoms with van der Waals surface area (Å²) in [5.41, 5.74) is 0. The van der Waals surface area contributed by atoms with Crippen LogP contribution in [-0.4, -0.2) is 43.2 Å². The second-order valence-electron chi connectivity index (χ2n) is 3.03. The van der Waals surface area contributed by atoms with Gasteiger partial charge in [0.05, 0.1) is 0 Å². The van der Waals surface area contributed by atoms with Crippen molar-refractivity contribution in [3.8, 4) is 0 Å². The Morgan fingerprint density at radius 1 is 1.29 bits per heavy atom. The number of aromatic nitrogens is 1. The van der Waals surface area contributed by atoms with Gasteiger partial charge in [0.15, 0.2) is 10.2 Å². The van der Waals surface area contributed by atoms with Gasteiger partial charge in [0, 0.05) is 28.2 Å². The van der Waals surface area contributed by atoms with E-state index >= 15 is 0 Å². The highest BCUT2D eigenvalue weighted by atomic mass is 32.9. The molecular formula is C7H12N4S3. The van der Waals surface area contributed by atoms with Crippen molar-refractivity contribution in [2.24, 2.45) is 4.99 Å². The first-order valence-electron chi connectivity index (χ1n) is 3.91. The Kier molecular flexibility index (Phi) is 3.97. The van der Waals surface area contributed by atoms with E-state index in [4.69, 9.17) is 12.2 Å². The SMILES string of the molecule is CN(C)C(=S)N=c1nc(N(C)C)ss1. The third-order valence-electron chi connectivity index (χ3n) is 1.34. The van der Waals surface area contributed by atoms with E-state index in [1.165, 1.54) is 10.3 Å². The second-order valence-corrected chi connectivity index (χ2v) is 5.46. The van der Waals surface area contributed by atoms with Crippen molar-refractivity contribution >= 4 is 43.1 Å². The van der Waals surface area contributed by atoms with Crippen LogP contribution in [0.5, 0.6) is 0 Å². The zero-order valence-corrected chi connectivity index (χ0v) is 11.0. The van der Waals surface area contributed by atoms with Gasteiger partial charge in [-0.2, -0.15) is 9.98 Å². The van der Waals surface area contributed by atoms with Gasteiger partial charge in [-0.25, -0.2) is 0 Å². The second kappa shape index (κ2) is 4.81. The third kappa shape index (κ3) is 3.00. The quantitative estimate of drug-likeness (QED) is 0.548. The van der Waals surface area contributed by atoms with Crippen LogP contribution in [0.3, 0.4) is 0 Å². The molecule has 1 rings (SSSR count). The average Bonchev–Trinajstić information content (AvgIpc) is 2.52. The molecule has 0 saturated carbocycles. The van der Waals surface area contributed by atoms with E-state index in [1.54, 1.807) is 15.2 Å². The van der Waals surface area contributed by atoms with E-state index in [0.717, 1.165) is 9.93 Å². The molecule has 0 aromatic carbocycles. The highest BCUT2D eigenvalue weighted by Gasteiger charge is 2.01. The Balaban J connectivity index is 2.91. The molecule has 1 aromatic heterocycles. The minimum Gasteiger partial charge on any atom is -0.353 e. The van der Waals surface area contributed by atoms with E-state index in [0.29, 0.717) is 5.11 Å². The summed E-state index contributed by atoms with van der Waals surface area (Å²) in [6, 6.07) is 0. The van der Waals surface area contributed by atoms with Gasteiger partial charge in [0.1, 0.15) is 0 Å². The van der Waals surface area contributed by atoms with E-state index in [-0.39, 0.29) is 0 Å². The molecule has 0 saturated heterocycles. The molecule has 0 spiro atoms. The number of hydrogen-bond acceptors (Lipinski definition) is 5. The summed E-state index contributed by atoms with van der Waals surface area (Å²) in [7, 11) is 10.8. The number of thiocarbonyl (C=S) groups is 1. The van der Waals surface area contributed by atoms with Crippen LogP contribution < -0.4 is 9.70 Å². The minimum absolute atomic E-state index is 0.553. The largest absolute Gasteiger partial charge is 0.353 e. The molecule has 0 N–H and O–H groups in total. The summed E-state index contributed by atoms with van der Waals surface area (Å²) < 4.78 is 0. The zero-order valence-electron chi connectivity index (χ0n) is 8.51. The summed E-state index contributed by atoms with van der Waals surface area (Å²) in [6.45, 7) is 0. The molecule has 1 heterocycles. The van der Waals surface area contributed by atoms with Crippen molar-refractivity contribution in [3.63, 3.8) is 0 Å². The Labute approximate surface area is 95.9 Å². The maximum atomic E-state index is 5.05. The van der Waals surface area contributed by atoms with Crippen LogP contribution in [-0.2, 0) is 0 Å². The molecule has 7 heteroatoms. The summed E-state index contributed by atoms with van der Waals surface area (Å²) in [5, 5.41) is 1.51. The molecule has 0 aliphatic rings. The van der Waals surface area contributed by atoms with Crippen LogP contribution in [0.1, 0.15) is 0 Å². The first-order chi connectivity index (χ1) is 6.50. The Morgan fingerprint density at radius 2 is 1.93 bits per heavy atom. The lowest BCUT2D eigenvalue weighted by atomic mass is 10.9. The topological polar surface area (TPSA) is 31.7 Å². The first-order valence-corrected chi connectivity index (χ1v) is 6.47. The maximum Gasteiger partial charge on any atom is 0.224 e. The Bertz CT molecular complexity index is 376.